The van der Waals surface area contributed by atoms with Gasteiger partial charge in [0.15, 0.2) is 5.60 Å². The molecule has 3 rings (SSSR count). The molecular formula is C21H21N3O7. The summed E-state index contributed by atoms with van der Waals surface area (Å²) in [7, 11) is 0. The third-order valence-electron chi connectivity index (χ3n) is 4.51. The highest BCUT2D eigenvalue weighted by atomic mass is 16.5. The number of benzene rings is 2. The number of para-hydroxylation sites is 1. The fourth-order valence-corrected chi connectivity index (χ4v) is 2.90. The largest absolute Gasteiger partial charge is 0.507 e. The minimum Gasteiger partial charge on any atom is -0.507 e. The molecule has 0 aliphatic rings. The summed E-state index contributed by atoms with van der Waals surface area (Å²) in [5, 5.41) is 32.6. The Bertz CT molecular complexity index is 1130. The van der Waals surface area contributed by atoms with Crippen molar-refractivity contribution in [3.05, 3.63) is 76.3 Å². The number of carbonyl (C=O) groups excluding carboxylic acids is 1. The van der Waals surface area contributed by atoms with Gasteiger partial charge in [-0.1, -0.05) is 42.5 Å². The number of hydrogen-bond donors (Lipinski definition) is 5. The molecule has 10 heteroatoms. The maximum atomic E-state index is 12.3. The molecule has 1 atom stereocenters. The first-order valence-electron chi connectivity index (χ1n) is 9.23. The van der Waals surface area contributed by atoms with Crippen LogP contribution in [0.2, 0.25) is 0 Å². The van der Waals surface area contributed by atoms with E-state index < -0.39 is 29.6 Å². The first-order chi connectivity index (χ1) is 14.7. The highest BCUT2D eigenvalue weighted by Gasteiger charge is 2.33. The van der Waals surface area contributed by atoms with Crippen LogP contribution in [0, 0.1) is 0 Å². The zero-order valence-electron chi connectivity index (χ0n) is 16.5. The molecule has 0 fully saturated rings. The lowest BCUT2D eigenvalue weighted by atomic mass is 10.0. The number of phenolic OH excluding ortho intramolecular Hbond substituents is 1. The number of aromatic nitrogens is 1. The van der Waals surface area contributed by atoms with Crippen LogP contribution >= 0.6 is 0 Å². The second-order valence-corrected chi connectivity index (χ2v) is 7.17. The number of carbonyl (C=O) groups is 2. The van der Waals surface area contributed by atoms with Gasteiger partial charge < -0.3 is 19.8 Å². The van der Waals surface area contributed by atoms with Crippen molar-refractivity contribution in [2.75, 3.05) is 6.54 Å². The number of carboxylic acids is 1. The van der Waals surface area contributed by atoms with Crippen LogP contribution in [0.3, 0.4) is 0 Å². The summed E-state index contributed by atoms with van der Waals surface area (Å²) in [6, 6.07) is 14.8. The van der Waals surface area contributed by atoms with E-state index >= 15 is 0 Å². The Labute approximate surface area is 176 Å². The number of aliphatic hydroxyl groups is 1. The number of nitrogens with zero attached hydrogens (tertiary/aromatic N) is 1. The van der Waals surface area contributed by atoms with Gasteiger partial charge in [-0.3, -0.25) is 15.0 Å². The molecule has 0 radical (unpaired) electrons. The minimum atomic E-state index is -2.15. The number of hydrazine groups is 1. The van der Waals surface area contributed by atoms with E-state index in [9.17, 15) is 29.7 Å². The molecule has 10 nitrogen and oxygen atoms in total. The molecule has 1 unspecified atom stereocenters. The molecule has 1 heterocycles. The SMILES string of the molecule is CC(O)(CN(Cc1ccc(-c2ccccc2O)cc1)NC(=O)c1cc(=O)[nH]o1)C(=O)O. The molecule has 0 spiro atoms. The topological polar surface area (TPSA) is 156 Å². The lowest BCUT2D eigenvalue weighted by molar-refractivity contribution is -0.159. The lowest BCUT2D eigenvalue weighted by Gasteiger charge is -2.28. The van der Waals surface area contributed by atoms with Crippen LogP contribution in [0.4, 0.5) is 0 Å². The van der Waals surface area contributed by atoms with Gasteiger partial charge in [-0.2, -0.15) is 5.16 Å². The number of rotatable bonds is 8. The van der Waals surface area contributed by atoms with E-state index in [4.69, 9.17) is 4.52 Å². The van der Waals surface area contributed by atoms with Crippen molar-refractivity contribution < 1.29 is 29.4 Å². The van der Waals surface area contributed by atoms with E-state index in [2.05, 4.69) is 5.43 Å². The Morgan fingerprint density at radius 1 is 1.16 bits per heavy atom. The van der Waals surface area contributed by atoms with Gasteiger partial charge in [-0.25, -0.2) is 9.80 Å². The average Bonchev–Trinajstić information content (AvgIpc) is 3.15. The first-order valence-corrected chi connectivity index (χ1v) is 9.23. The van der Waals surface area contributed by atoms with Crippen molar-refractivity contribution in [3.63, 3.8) is 0 Å². The van der Waals surface area contributed by atoms with Gasteiger partial charge >= 0.3 is 11.9 Å². The van der Waals surface area contributed by atoms with E-state index in [1.54, 1.807) is 48.5 Å². The summed E-state index contributed by atoms with van der Waals surface area (Å²) < 4.78 is 4.75. The van der Waals surface area contributed by atoms with Crippen LogP contribution in [-0.4, -0.2) is 49.5 Å². The Kier molecular flexibility index (Phi) is 6.23. The van der Waals surface area contributed by atoms with E-state index in [0.717, 1.165) is 18.6 Å². The number of hydrogen-bond acceptors (Lipinski definition) is 7. The van der Waals surface area contributed by atoms with Crippen molar-refractivity contribution in [1.82, 2.24) is 15.6 Å². The number of amides is 1. The van der Waals surface area contributed by atoms with Crippen LogP contribution in [0.25, 0.3) is 11.1 Å². The molecule has 162 valence electrons. The van der Waals surface area contributed by atoms with Crippen LogP contribution in [0.1, 0.15) is 23.0 Å². The molecular weight excluding hydrogens is 406 g/mol. The van der Waals surface area contributed by atoms with Crippen LogP contribution in [0.15, 0.2) is 63.9 Å². The minimum absolute atomic E-state index is 0.0465. The maximum absolute atomic E-state index is 12.3. The number of aliphatic carboxylic acids is 1. The van der Waals surface area contributed by atoms with Gasteiger partial charge in [-0.05, 0) is 24.1 Å². The van der Waals surface area contributed by atoms with Crippen molar-refractivity contribution in [1.29, 1.82) is 0 Å². The van der Waals surface area contributed by atoms with Gasteiger partial charge in [0.1, 0.15) is 5.75 Å². The number of phenols is 1. The number of nitrogens with one attached hydrogen (secondary N) is 2. The van der Waals surface area contributed by atoms with Crippen LogP contribution in [-0.2, 0) is 11.3 Å². The van der Waals surface area contributed by atoms with Crippen LogP contribution < -0.4 is 11.0 Å². The summed E-state index contributed by atoms with van der Waals surface area (Å²) in [5.74, 6) is -2.41. The third-order valence-corrected chi connectivity index (χ3v) is 4.51. The second kappa shape index (κ2) is 8.86. The van der Waals surface area contributed by atoms with Crippen molar-refractivity contribution in [2.24, 2.45) is 0 Å². The molecule has 0 saturated carbocycles. The van der Waals surface area contributed by atoms with E-state index in [1.165, 1.54) is 5.01 Å². The molecule has 1 amide bonds. The molecule has 0 saturated heterocycles. The van der Waals surface area contributed by atoms with Crippen LogP contribution in [0.5, 0.6) is 5.75 Å². The predicted octanol–water partition coefficient (Wildman–Crippen LogP) is 1.32. The Hall–Kier alpha value is -3.89. The lowest BCUT2D eigenvalue weighted by Crippen LogP contribution is -2.52. The summed E-state index contributed by atoms with van der Waals surface area (Å²) in [6.45, 7) is 0.709. The molecule has 1 aromatic heterocycles. The summed E-state index contributed by atoms with van der Waals surface area (Å²) in [5.41, 5.74) is 1.79. The van der Waals surface area contributed by atoms with Gasteiger partial charge in [-0.15, -0.1) is 0 Å². The fraction of sp³-hybridized carbons (Fsp3) is 0.190. The Morgan fingerprint density at radius 3 is 2.42 bits per heavy atom. The second-order valence-electron chi connectivity index (χ2n) is 7.17. The quantitative estimate of drug-likeness (QED) is 0.337. The zero-order valence-corrected chi connectivity index (χ0v) is 16.5. The highest BCUT2D eigenvalue weighted by Crippen LogP contribution is 2.28. The molecule has 2 aromatic carbocycles. The highest BCUT2D eigenvalue weighted by molar-refractivity contribution is 5.90. The molecule has 3 aromatic rings. The molecule has 0 aliphatic carbocycles. The number of carboxylic acid groups (broad SMARTS) is 1. The Morgan fingerprint density at radius 2 is 1.84 bits per heavy atom. The average molecular weight is 427 g/mol. The van der Waals surface area contributed by atoms with Gasteiger partial charge in [0, 0.05) is 12.1 Å². The summed E-state index contributed by atoms with van der Waals surface area (Å²) in [6.07, 6.45) is 0. The van der Waals surface area contributed by atoms with E-state index in [0.29, 0.717) is 11.1 Å². The van der Waals surface area contributed by atoms with E-state index in [1.807, 2.05) is 5.16 Å². The normalized spacial score (nSPS) is 13.0. The van der Waals surface area contributed by atoms with Gasteiger partial charge in [0.2, 0.25) is 5.76 Å². The molecule has 0 aliphatic heterocycles. The van der Waals surface area contributed by atoms with Crippen molar-refractivity contribution in [2.45, 2.75) is 19.1 Å². The number of aromatic amines is 1. The van der Waals surface area contributed by atoms with Gasteiger partial charge in [0.25, 0.3) is 5.56 Å². The van der Waals surface area contributed by atoms with Crippen molar-refractivity contribution in [3.8, 4) is 16.9 Å². The number of H-pyrrole nitrogens is 1. The molecule has 5 N–H and O–H groups in total. The smallest absolute Gasteiger partial charge is 0.336 e. The third kappa shape index (κ3) is 5.38. The summed E-state index contributed by atoms with van der Waals surface area (Å²) >= 11 is 0. The maximum Gasteiger partial charge on any atom is 0.336 e. The Balaban J connectivity index is 1.80. The van der Waals surface area contributed by atoms with E-state index in [-0.39, 0.29) is 18.1 Å². The fourth-order valence-electron chi connectivity index (χ4n) is 2.90. The van der Waals surface area contributed by atoms with Crippen molar-refractivity contribution >= 4 is 11.9 Å². The standard InChI is InChI=1S/C21H21N3O7/c1-21(30,20(28)29)12-24(22-19(27)17-10-18(26)23-31-17)11-13-6-8-14(9-7-13)15-4-2-3-5-16(15)25/h2-10,25,30H,11-12H2,1H3,(H,22,27)(H,23,26)(H,28,29). The zero-order chi connectivity index (χ0) is 22.6. The first kappa shape index (κ1) is 21.8. The number of aromatic hydroxyl groups is 1. The monoisotopic (exact) mass is 427 g/mol. The van der Waals surface area contributed by atoms with Gasteiger partial charge in [0.05, 0.1) is 12.6 Å². The molecule has 31 heavy (non-hydrogen) atoms. The predicted molar refractivity (Wildman–Crippen MR) is 109 cm³/mol. The summed E-state index contributed by atoms with van der Waals surface area (Å²) in [4.78, 5) is 34.8. The molecule has 0 bridgehead atoms.